The molecule has 0 aromatic rings. The first-order valence-corrected chi connectivity index (χ1v) is 10.1. The standard InChI is InChI=1S/C19H36N4O2.ClH/c1-4-21(5-2)19(25)23-14-9-17(10-15-23)18(24)22-12-7-16(8-13-22)6-11-20-3;/h16-17,20H,4-15H2,1-3H3;1H. The van der Waals surface area contributed by atoms with Crippen LogP contribution in [0.25, 0.3) is 0 Å². The first kappa shape index (κ1) is 23.0. The Bertz CT molecular complexity index is 429. The van der Waals surface area contributed by atoms with Crippen molar-refractivity contribution < 1.29 is 9.59 Å². The van der Waals surface area contributed by atoms with Gasteiger partial charge in [0.1, 0.15) is 0 Å². The minimum absolute atomic E-state index is 0. The highest BCUT2D eigenvalue weighted by Crippen LogP contribution is 2.25. The molecule has 2 aliphatic rings. The van der Waals surface area contributed by atoms with E-state index in [0.29, 0.717) is 19.0 Å². The van der Waals surface area contributed by atoms with Crippen LogP contribution in [0.3, 0.4) is 0 Å². The van der Waals surface area contributed by atoms with Crippen LogP contribution < -0.4 is 5.32 Å². The van der Waals surface area contributed by atoms with Crippen molar-refractivity contribution in [2.75, 3.05) is 52.9 Å². The minimum atomic E-state index is 0. The second-order valence-electron chi connectivity index (χ2n) is 7.38. The minimum Gasteiger partial charge on any atom is -0.342 e. The zero-order chi connectivity index (χ0) is 18.2. The topological polar surface area (TPSA) is 55.9 Å². The number of hydrogen-bond donors (Lipinski definition) is 1. The Morgan fingerprint density at radius 3 is 2.00 bits per heavy atom. The van der Waals surface area contributed by atoms with Crippen LogP contribution in [0.2, 0.25) is 0 Å². The van der Waals surface area contributed by atoms with E-state index in [1.807, 2.05) is 30.7 Å². The monoisotopic (exact) mass is 388 g/mol. The molecule has 0 unspecified atom stereocenters. The van der Waals surface area contributed by atoms with Crippen molar-refractivity contribution in [3.05, 3.63) is 0 Å². The number of carbonyl (C=O) groups is 2. The Labute approximate surface area is 165 Å². The lowest BCUT2D eigenvalue weighted by Crippen LogP contribution is -2.49. The molecular weight excluding hydrogens is 352 g/mol. The average Bonchev–Trinajstić information content (AvgIpc) is 2.67. The molecule has 0 radical (unpaired) electrons. The quantitative estimate of drug-likeness (QED) is 0.760. The zero-order valence-electron chi connectivity index (χ0n) is 16.7. The van der Waals surface area contributed by atoms with Gasteiger partial charge in [0.05, 0.1) is 0 Å². The summed E-state index contributed by atoms with van der Waals surface area (Å²) < 4.78 is 0. The molecule has 7 heteroatoms. The SMILES string of the molecule is CCN(CC)C(=O)N1CCC(C(=O)N2CCC(CCNC)CC2)CC1.Cl. The molecule has 2 rings (SSSR count). The first-order chi connectivity index (χ1) is 12.1. The van der Waals surface area contributed by atoms with Gasteiger partial charge in [-0.15, -0.1) is 12.4 Å². The highest BCUT2D eigenvalue weighted by molar-refractivity contribution is 5.85. The Morgan fingerprint density at radius 1 is 0.962 bits per heavy atom. The van der Waals surface area contributed by atoms with E-state index in [2.05, 4.69) is 10.2 Å². The molecule has 0 aliphatic carbocycles. The largest absolute Gasteiger partial charge is 0.342 e. The fourth-order valence-electron chi connectivity index (χ4n) is 4.06. The van der Waals surface area contributed by atoms with Crippen molar-refractivity contribution in [1.82, 2.24) is 20.0 Å². The second kappa shape index (κ2) is 11.7. The maximum atomic E-state index is 12.8. The number of piperidine rings is 2. The number of nitrogens with zero attached hydrogens (tertiary/aromatic N) is 3. The van der Waals surface area contributed by atoms with E-state index < -0.39 is 0 Å². The number of nitrogens with one attached hydrogen (secondary N) is 1. The van der Waals surface area contributed by atoms with Crippen LogP contribution in [0.1, 0.15) is 46.0 Å². The average molecular weight is 389 g/mol. The van der Waals surface area contributed by atoms with Crippen LogP contribution in [0, 0.1) is 11.8 Å². The van der Waals surface area contributed by atoms with Gasteiger partial charge in [0.15, 0.2) is 0 Å². The Kier molecular flexibility index (Phi) is 10.3. The van der Waals surface area contributed by atoms with E-state index in [4.69, 9.17) is 0 Å². The third-order valence-electron chi connectivity index (χ3n) is 5.88. The molecule has 0 spiro atoms. The molecule has 1 N–H and O–H groups in total. The predicted octanol–water partition coefficient (Wildman–Crippen LogP) is 2.43. The van der Waals surface area contributed by atoms with Crippen LogP contribution in [0.4, 0.5) is 4.79 Å². The molecule has 2 fully saturated rings. The van der Waals surface area contributed by atoms with Crippen molar-refractivity contribution in [1.29, 1.82) is 0 Å². The molecular formula is C19H37ClN4O2. The fourth-order valence-corrected chi connectivity index (χ4v) is 4.06. The number of hydrogen-bond acceptors (Lipinski definition) is 3. The van der Waals surface area contributed by atoms with Gasteiger partial charge in [-0.2, -0.15) is 0 Å². The van der Waals surface area contributed by atoms with Crippen LogP contribution in [-0.4, -0.2) is 79.5 Å². The summed E-state index contributed by atoms with van der Waals surface area (Å²) in [4.78, 5) is 31.1. The van der Waals surface area contributed by atoms with Crippen LogP contribution in [-0.2, 0) is 4.79 Å². The van der Waals surface area contributed by atoms with Crippen molar-refractivity contribution in [2.45, 2.75) is 46.0 Å². The number of amides is 3. The van der Waals surface area contributed by atoms with Gasteiger partial charge < -0.3 is 20.0 Å². The van der Waals surface area contributed by atoms with Crippen LogP contribution >= 0.6 is 12.4 Å². The van der Waals surface area contributed by atoms with Gasteiger partial charge >= 0.3 is 6.03 Å². The number of rotatable bonds is 6. The van der Waals surface area contributed by atoms with Gasteiger partial charge in [-0.25, -0.2) is 4.79 Å². The van der Waals surface area contributed by atoms with E-state index >= 15 is 0 Å². The molecule has 2 heterocycles. The van der Waals surface area contributed by atoms with Crippen LogP contribution in [0.5, 0.6) is 0 Å². The highest BCUT2D eigenvalue weighted by Gasteiger charge is 2.32. The third-order valence-corrected chi connectivity index (χ3v) is 5.88. The van der Waals surface area contributed by atoms with E-state index in [1.54, 1.807) is 0 Å². The lowest BCUT2D eigenvalue weighted by Gasteiger charge is -2.38. The zero-order valence-corrected chi connectivity index (χ0v) is 17.5. The summed E-state index contributed by atoms with van der Waals surface area (Å²) in [5, 5.41) is 3.21. The normalized spacial score (nSPS) is 19.2. The maximum Gasteiger partial charge on any atom is 0.319 e. The summed E-state index contributed by atoms with van der Waals surface area (Å²) in [7, 11) is 2.00. The second-order valence-corrected chi connectivity index (χ2v) is 7.38. The molecule has 0 atom stereocenters. The molecule has 0 bridgehead atoms. The Morgan fingerprint density at radius 2 is 1.50 bits per heavy atom. The van der Waals surface area contributed by atoms with E-state index in [9.17, 15) is 9.59 Å². The fraction of sp³-hybridized carbons (Fsp3) is 0.895. The molecule has 26 heavy (non-hydrogen) atoms. The van der Waals surface area contributed by atoms with Crippen molar-refractivity contribution in [2.24, 2.45) is 11.8 Å². The smallest absolute Gasteiger partial charge is 0.319 e. The molecule has 0 aromatic carbocycles. The van der Waals surface area contributed by atoms with Gasteiger partial charge in [-0.1, -0.05) is 0 Å². The van der Waals surface area contributed by atoms with Crippen molar-refractivity contribution in [3.8, 4) is 0 Å². The summed E-state index contributed by atoms with van der Waals surface area (Å²) in [6.07, 6.45) is 5.10. The number of halogens is 1. The van der Waals surface area contributed by atoms with Gasteiger partial charge in [-0.05, 0) is 65.5 Å². The van der Waals surface area contributed by atoms with Gasteiger partial charge in [0.2, 0.25) is 5.91 Å². The summed E-state index contributed by atoms with van der Waals surface area (Å²) in [5.41, 5.74) is 0. The Balaban J connectivity index is 0.00000338. The number of urea groups is 1. The Hall–Kier alpha value is -1.01. The third kappa shape index (κ3) is 6.02. The summed E-state index contributed by atoms with van der Waals surface area (Å²) in [6, 6.07) is 0.126. The lowest BCUT2D eigenvalue weighted by molar-refractivity contribution is -0.138. The van der Waals surface area contributed by atoms with Crippen molar-refractivity contribution in [3.63, 3.8) is 0 Å². The van der Waals surface area contributed by atoms with Gasteiger partial charge in [0, 0.05) is 45.2 Å². The van der Waals surface area contributed by atoms with Gasteiger partial charge in [-0.3, -0.25) is 4.79 Å². The van der Waals surface area contributed by atoms with Crippen LogP contribution in [0.15, 0.2) is 0 Å². The molecule has 6 nitrogen and oxygen atoms in total. The number of likely N-dealkylation sites (tertiary alicyclic amines) is 2. The number of carbonyl (C=O) groups excluding carboxylic acids is 2. The van der Waals surface area contributed by atoms with E-state index in [1.165, 1.54) is 6.42 Å². The molecule has 152 valence electrons. The molecule has 0 aromatic heterocycles. The molecule has 3 amide bonds. The molecule has 2 aliphatic heterocycles. The summed E-state index contributed by atoms with van der Waals surface area (Å²) in [5.74, 6) is 1.18. The van der Waals surface area contributed by atoms with Gasteiger partial charge in [0.25, 0.3) is 0 Å². The first-order valence-electron chi connectivity index (χ1n) is 10.1. The molecule has 0 saturated carbocycles. The van der Waals surface area contributed by atoms with E-state index in [-0.39, 0.29) is 24.4 Å². The summed E-state index contributed by atoms with van der Waals surface area (Å²) in [6.45, 7) is 9.83. The molecule has 2 saturated heterocycles. The summed E-state index contributed by atoms with van der Waals surface area (Å²) >= 11 is 0. The van der Waals surface area contributed by atoms with E-state index in [0.717, 1.165) is 64.3 Å². The lowest BCUT2D eigenvalue weighted by atomic mass is 9.90. The highest BCUT2D eigenvalue weighted by atomic mass is 35.5. The van der Waals surface area contributed by atoms with Crippen molar-refractivity contribution >= 4 is 24.3 Å². The maximum absolute atomic E-state index is 12.8. The predicted molar refractivity (Wildman–Crippen MR) is 108 cm³/mol.